The average molecular weight is 287 g/mol. The molecule has 0 aliphatic heterocycles. The number of halogens is 1. The molecule has 1 aromatic rings. The monoisotopic (exact) mass is 286 g/mol. The quantitative estimate of drug-likeness (QED) is 0.483. The number of hydrogen-bond donors (Lipinski definition) is 2. The Kier molecular flexibility index (Phi) is 4.71. The molecule has 1 rings (SSSR count). The SMILES string of the molecule is CNC(=C[N+](=O)[O-])NCc1ccc(Br)nc1. The minimum atomic E-state index is -0.515. The summed E-state index contributed by atoms with van der Waals surface area (Å²) in [5, 5.41) is 15.8. The second-order valence-electron chi connectivity index (χ2n) is 2.92. The first kappa shape index (κ1) is 12.4. The van der Waals surface area contributed by atoms with Gasteiger partial charge < -0.3 is 10.6 Å². The van der Waals surface area contributed by atoms with Gasteiger partial charge in [-0.1, -0.05) is 6.07 Å². The van der Waals surface area contributed by atoms with Crippen LogP contribution in [0.4, 0.5) is 0 Å². The van der Waals surface area contributed by atoms with Crippen LogP contribution in [-0.2, 0) is 6.54 Å². The largest absolute Gasteiger partial charge is 0.370 e. The Labute approximate surface area is 101 Å². The van der Waals surface area contributed by atoms with Crippen LogP contribution in [0.25, 0.3) is 0 Å². The molecular weight excluding hydrogens is 276 g/mol. The van der Waals surface area contributed by atoms with Gasteiger partial charge in [0.25, 0.3) is 6.20 Å². The van der Waals surface area contributed by atoms with E-state index in [9.17, 15) is 10.1 Å². The lowest BCUT2D eigenvalue weighted by molar-refractivity contribution is -0.404. The van der Waals surface area contributed by atoms with E-state index in [1.807, 2.05) is 12.1 Å². The molecule has 6 nitrogen and oxygen atoms in total. The van der Waals surface area contributed by atoms with Crippen molar-refractivity contribution < 1.29 is 4.92 Å². The molecule has 0 aliphatic carbocycles. The second kappa shape index (κ2) is 6.06. The molecule has 0 fully saturated rings. The Hall–Kier alpha value is -1.63. The summed E-state index contributed by atoms with van der Waals surface area (Å²) >= 11 is 3.23. The third-order valence-electron chi connectivity index (χ3n) is 1.78. The van der Waals surface area contributed by atoms with Crippen molar-refractivity contribution in [1.82, 2.24) is 15.6 Å². The molecule has 0 aliphatic rings. The molecule has 1 aromatic heterocycles. The van der Waals surface area contributed by atoms with E-state index in [1.165, 1.54) is 0 Å². The van der Waals surface area contributed by atoms with E-state index < -0.39 is 4.92 Å². The van der Waals surface area contributed by atoms with Gasteiger partial charge in [-0.2, -0.15) is 0 Å². The van der Waals surface area contributed by atoms with Gasteiger partial charge in [0.1, 0.15) is 4.60 Å². The summed E-state index contributed by atoms with van der Waals surface area (Å²) in [6.07, 6.45) is 2.57. The molecule has 0 radical (unpaired) electrons. The van der Waals surface area contributed by atoms with Crippen molar-refractivity contribution in [1.29, 1.82) is 0 Å². The molecular formula is C9H11BrN4O2. The molecule has 0 spiro atoms. The Bertz CT molecular complexity index is 391. The number of nitrogens with zero attached hydrogens (tertiary/aromatic N) is 2. The zero-order valence-corrected chi connectivity index (χ0v) is 10.2. The molecule has 0 unspecified atom stereocenters. The smallest absolute Gasteiger partial charge is 0.274 e. The van der Waals surface area contributed by atoms with Gasteiger partial charge >= 0.3 is 0 Å². The van der Waals surface area contributed by atoms with Crippen LogP contribution in [0.5, 0.6) is 0 Å². The number of nitro groups is 1. The van der Waals surface area contributed by atoms with E-state index >= 15 is 0 Å². The van der Waals surface area contributed by atoms with Crippen LogP contribution in [0.2, 0.25) is 0 Å². The predicted molar refractivity (Wildman–Crippen MR) is 62.9 cm³/mol. The highest BCUT2D eigenvalue weighted by Crippen LogP contribution is 2.06. The lowest BCUT2D eigenvalue weighted by Gasteiger charge is -2.07. The van der Waals surface area contributed by atoms with E-state index in [0.29, 0.717) is 12.4 Å². The molecule has 16 heavy (non-hydrogen) atoms. The number of aromatic nitrogens is 1. The van der Waals surface area contributed by atoms with E-state index in [-0.39, 0.29) is 0 Å². The van der Waals surface area contributed by atoms with Gasteiger partial charge in [-0.3, -0.25) is 10.1 Å². The van der Waals surface area contributed by atoms with Crippen molar-refractivity contribution in [2.45, 2.75) is 6.54 Å². The van der Waals surface area contributed by atoms with Crippen LogP contribution in [0.15, 0.2) is 35.0 Å². The van der Waals surface area contributed by atoms with Crippen LogP contribution < -0.4 is 10.6 Å². The molecule has 0 aromatic carbocycles. The second-order valence-corrected chi connectivity index (χ2v) is 3.73. The molecule has 0 amide bonds. The van der Waals surface area contributed by atoms with E-state index in [4.69, 9.17) is 0 Å². The van der Waals surface area contributed by atoms with Crippen LogP contribution in [0.3, 0.4) is 0 Å². The number of hydrogen-bond acceptors (Lipinski definition) is 5. The third-order valence-corrected chi connectivity index (χ3v) is 2.24. The first-order valence-electron chi connectivity index (χ1n) is 4.49. The zero-order chi connectivity index (χ0) is 12.0. The number of pyridine rings is 1. The molecule has 2 N–H and O–H groups in total. The fraction of sp³-hybridized carbons (Fsp3) is 0.222. The van der Waals surface area contributed by atoms with Crippen LogP contribution in [0.1, 0.15) is 5.56 Å². The summed E-state index contributed by atoms with van der Waals surface area (Å²) in [6, 6.07) is 3.69. The van der Waals surface area contributed by atoms with Gasteiger partial charge in [-0.05, 0) is 27.6 Å². The minimum Gasteiger partial charge on any atom is -0.370 e. The van der Waals surface area contributed by atoms with Crippen molar-refractivity contribution in [3.8, 4) is 0 Å². The average Bonchev–Trinajstić information content (AvgIpc) is 2.26. The summed E-state index contributed by atoms with van der Waals surface area (Å²) in [6.45, 7) is 0.473. The van der Waals surface area contributed by atoms with Crippen molar-refractivity contribution in [3.05, 3.63) is 50.6 Å². The molecule has 1 heterocycles. The Morgan fingerprint density at radius 1 is 1.69 bits per heavy atom. The normalized spacial score (nSPS) is 11.0. The van der Waals surface area contributed by atoms with Gasteiger partial charge in [-0.15, -0.1) is 0 Å². The van der Waals surface area contributed by atoms with Crippen molar-refractivity contribution in [2.24, 2.45) is 0 Å². The highest BCUT2D eigenvalue weighted by molar-refractivity contribution is 9.10. The third kappa shape index (κ3) is 4.26. The van der Waals surface area contributed by atoms with Crippen LogP contribution in [-0.4, -0.2) is 17.0 Å². The van der Waals surface area contributed by atoms with Crippen LogP contribution in [0, 0.1) is 10.1 Å². The Morgan fingerprint density at radius 3 is 2.94 bits per heavy atom. The standard InChI is InChI=1S/C9H11BrN4O2/c1-11-9(6-14(15)16)13-5-7-2-3-8(10)12-4-7/h2-4,6,11,13H,5H2,1H3. The summed E-state index contributed by atoms with van der Waals surface area (Å²) in [7, 11) is 1.61. The molecule has 86 valence electrons. The number of rotatable bonds is 5. The highest BCUT2D eigenvalue weighted by Gasteiger charge is 2.00. The first-order chi connectivity index (χ1) is 7.61. The van der Waals surface area contributed by atoms with E-state index in [1.54, 1.807) is 13.2 Å². The van der Waals surface area contributed by atoms with Gasteiger partial charge in [0.2, 0.25) is 0 Å². The fourth-order valence-corrected chi connectivity index (χ4v) is 1.25. The maximum atomic E-state index is 10.3. The molecule has 0 atom stereocenters. The topological polar surface area (TPSA) is 80.1 Å². The van der Waals surface area contributed by atoms with Crippen LogP contribution >= 0.6 is 15.9 Å². The van der Waals surface area contributed by atoms with Crippen molar-refractivity contribution >= 4 is 15.9 Å². The minimum absolute atomic E-state index is 0.355. The van der Waals surface area contributed by atoms with Gasteiger partial charge in [0, 0.05) is 19.8 Å². The van der Waals surface area contributed by atoms with E-state index in [2.05, 4.69) is 31.5 Å². The van der Waals surface area contributed by atoms with Crippen molar-refractivity contribution in [3.63, 3.8) is 0 Å². The summed E-state index contributed by atoms with van der Waals surface area (Å²) < 4.78 is 0.755. The zero-order valence-electron chi connectivity index (χ0n) is 8.61. The summed E-state index contributed by atoms with van der Waals surface area (Å²) in [5.74, 6) is 0.355. The Balaban J connectivity index is 2.56. The van der Waals surface area contributed by atoms with Gasteiger partial charge in [0.05, 0.1) is 4.92 Å². The predicted octanol–water partition coefficient (Wildman–Crippen LogP) is 1.23. The van der Waals surface area contributed by atoms with Gasteiger partial charge in [0.15, 0.2) is 5.82 Å². The highest BCUT2D eigenvalue weighted by atomic mass is 79.9. The summed E-state index contributed by atoms with van der Waals surface area (Å²) in [4.78, 5) is 13.8. The fourth-order valence-electron chi connectivity index (χ4n) is 1.01. The summed E-state index contributed by atoms with van der Waals surface area (Å²) in [5.41, 5.74) is 0.938. The number of nitrogens with one attached hydrogen (secondary N) is 2. The molecule has 0 saturated heterocycles. The Morgan fingerprint density at radius 2 is 2.44 bits per heavy atom. The van der Waals surface area contributed by atoms with Crippen molar-refractivity contribution in [2.75, 3.05) is 7.05 Å². The molecule has 0 bridgehead atoms. The maximum Gasteiger partial charge on any atom is 0.274 e. The first-order valence-corrected chi connectivity index (χ1v) is 5.28. The van der Waals surface area contributed by atoms with E-state index in [0.717, 1.165) is 16.4 Å². The van der Waals surface area contributed by atoms with Gasteiger partial charge in [-0.25, -0.2) is 4.98 Å². The molecule has 7 heteroatoms. The molecule has 0 saturated carbocycles. The lowest BCUT2D eigenvalue weighted by Crippen LogP contribution is -2.24. The maximum absolute atomic E-state index is 10.3. The lowest BCUT2D eigenvalue weighted by atomic mass is 10.3.